The molecule has 0 aliphatic carbocycles. The van der Waals surface area contributed by atoms with Crippen molar-refractivity contribution in [3.63, 3.8) is 0 Å². The molecule has 0 aliphatic heterocycles. The van der Waals surface area contributed by atoms with Gasteiger partial charge in [0.1, 0.15) is 3.82 Å². The quantitative estimate of drug-likeness (QED) is 0.468. The number of benzene rings is 1. The lowest BCUT2D eigenvalue weighted by Crippen LogP contribution is -1.63. The minimum Gasteiger partial charge on any atom is -0.0843 e. The Kier molecular flexibility index (Phi) is 1.97. The van der Waals surface area contributed by atoms with Crippen molar-refractivity contribution >= 4 is 54.6 Å². The summed E-state index contributed by atoms with van der Waals surface area (Å²) in [5.74, 6) is 0. The Morgan fingerprint density at radius 2 is 2.09 bits per heavy atom. The Hall–Kier alpha value is 0.0400. The molecule has 0 fully saturated rings. The third-order valence-corrected chi connectivity index (χ3v) is 4.67. The monoisotopic (exact) mass is 218 g/mol. The molecule has 0 bridgehead atoms. The molecule has 0 unspecified atom stereocenters. The maximum absolute atomic E-state index is 5.81. The summed E-state index contributed by atoms with van der Waals surface area (Å²) in [7, 11) is 3.33. The highest BCUT2D eigenvalue weighted by Gasteiger charge is 1.98. The van der Waals surface area contributed by atoms with Crippen molar-refractivity contribution in [2.75, 3.05) is 0 Å². The summed E-state index contributed by atoms with van der Waals surface area (Å²) in [6.45, 7) is 0. The largest absolute Gasteiger partial charge is 0.109 e. The van der Waals surface area contributed by atoms with Crippen LogP contribution < -0.4 is 0 Å². The van der Waals surface area contributed by atoms with Crippen LogP contribution in [0.2, 0.25) is 5.02 Å². The van der Waals surface area contributed by atoms with E-state index in [0.717, 1.165) is 14.2 Å². The van der Waals surface area contributed by atoms with Crippen LogP contribution in [0, 0.1) is 3.82 Å². The van der Waals surface area contributed by atoms with Crippen LogP contribution in [0.1, 0.15) is 0 Å². The molecule has 11 heavy (non-hydrogen) atoms. The molecule has 1 heterocycles. The van der Waals surface area contributed by atoms with Gasteiger partial charge in [0, 0.05) is 15.1 Å². The van der Waals surface area contributed by atoms with E-state index in [1.807, 2.05) is 18.2 Å². The third kappa shape index (κ3) is 1.34. The maximum Gasteiger partial charge on any atom is 0.109 e. The van der Waals surface area contributed by atoms with E-state index < -0.39 is 0 Å². The molecule has 0 radical (unpaired) electrons. The Bertz CT molecular complexity index is 440. The first-order valence-corrected chi connectivity index (χ1v) is 5.89. The van der Waals surface area contributed by atoms with Gasteiger partial charge in [0.15, 0.2) is 0 Å². The highest BCUT2D eigenvalue weighted by molar-refractivity contribution is 7.81. The third-order valence-electron chi connectivity index (χ3n) is 1.37. The van der Waals surface area contributed by atoms with Gasteiger partial charge >= 0.3 is 0 Å². The van der Waals surface area contributed by atoms with E-state index in [0.29, 0.717) is 0 Å². The van der Waals surface area contributed by atoms with Gasteiger partial charge in [0.2, 0.25) is 0 Å². The lowest BCUT2D eigenvalue weighted by atomic mass is 10.3. The van der Waals surface area contributed by atoms with Crippen LogP contribution in [-0.2, 0) is 0 Å². The zero-order chi connectivity index (χ0) is 7.84. The average molecular weight is 219 g/mol. The van der Waals surface area contributed by atoms with Gasteiger partial charge in [0.05, 0.1) is 0 Å². The van der Waals surface area contributed by atoms with Crippen molar-refractivity contribution in [2.24, 2.45) is 0 Å². The zero-order valence-corrected chi connectivity index (χ0v) is 8.54. The molecule has 0 atom stereocenters. The molecule has 4 heteroatoms. The highest BCUT2D eigenvalue weighted by Crippen LogP contribution is 2.29. The summed E-state index contributed by atoms with van der Waals surface area (Å²) < 4.78 is 2.16. The van der Waals surface area contributed by atoms with Gasteiger partial charge in [-0.2, -0.15) is 0 Å². The van der Waals surface area contributed by atoms with Crippen LogP contribution in [0.3, 0.4) is 0 Å². The SMILES string of the molecule is S=c1ssc2ccc(Cl)cc12. The summed E-state index contributed by atoms with van der Waals surface area (Å²) in [4.78, 5) is 0. The molecule has 1 aromatic carbocycles. The van der Waals surface area contributed by atoms with Crippen molar-refractivity contribution in [2.45, 2.75) is 0 Å². The van der Waals surface area contributed by atoms with Gasteiger partial charge in [-0.1, -0.05) is 44.5 Å². The lowest BCUT2D eigenvalue weighted by Gasteiger charge is -1.87. The van der Waals surface area contributed by atoms with Gasteiger partial charge in [0.25, 0.3) is 0 Å². The topological polar surface area (TPSA) is 0 Å². The van der Waals surface area contributed by atoms with Gasteiger partial charge in [-0.25, -0.2) is 0 Å². The number of hydrogen-bond acceptors (Lipinski definition) is 3. The molecular weight excluding hydrogens is 216 g/mol. The first kappa shape index (κ1) is 7.68. The van der Waals surface area contributed by atoms with E-state index >= 15 is 0 Å². The van der Waals surface area contributed by atoms with Crippen LogP contribution in [0.4, 0.5) is 0 Å². The summed E-state index contributed by atoms with van der Waals surface area (Å²) in [6.07, 6.45) is 0. The standard InChI is InChI=1S/C7H3ClS3/c8-4-1-2-6-5(3-4)7(9)11-10-6/h1-3H. The van der Waals surface area contributed by atoms with Crippen molar-refractivity contribution in [3.8, 4) is 0 Å². The van der Waals surface area contributed by atoms with Crippen molar-refractivity contribution in [1.82, 2.24) is 0 Å². The molecule has 0 nitrogen and oxygen atoms in total. The second-order valence-electron chi connectivity index (χ2n) is 2.09. The second kappa shape index (κ2) is 2.83. The summed E-state index contributed by atoms with van der Waals surface area (Å²) in [6, 6.07) is 5.82. The molecule has 1 aromatic heterocycles. The van der Waals surface area contributed by atoms with Gasteiger partial charge in [-0.3, -0.25) is 0 Å². The van der Waals surface area contributed by atoms with E-state index in [1.165, 1.54) is 4.70 Å². The fraction of sp³-hybridized carbons (Fsp3) is 0. The van der Waals surface area contributed by atoms with Crippen LogP contribution >= 0.6 is 44.5 Å². The van der Waals surface area contributed by atoms with Crippen molar-refractivity contribution in [3.05, 3.63) is 27.0 Å². The molecule has 56 valence electrons. The molecule has 0 saturated heterocycles. The molecule has 2 aromatic rings. The molecule has 0 saturated carbocycles. The summed E-state index contributed by atoms with van der Waals surface area (Å²) >= 11 is 10.9. The molecular formula is C7H3ClS3. The van der Waals surface area contributed by atoms with Crippen molar-refractivity contribution in [1.29, 1.82) is 0 Å². The summed E-state index contributed by atoms with van der Waals surface area (Å²) in [5.41, 5.74) is 0. The number of rotatable bonds is 0. The smallest absolute Gasteiger partial charge is 0.0843 e. The van der Waals surface area contributed by atoms with Gasteiger partial charge < -0.3 is 0 Å². The maximum atomic E-state index is 5.81. The minimum absolute atomic E-state index is 0.759. The zero-order valence-electron chi connectivity index (χ0n) is 5.33. The fourth-order valence-electron chi connectivity index (χ4n) is 0.862. The highest BCUT2D eigenvalue weighted by atomic mass is 35.5. The Morgan fingerprint density at radius 1 is 1.27 bits per heavy atom. The van der Waals surface area contributed by atoms with E-state index in [2.05, 4.69) is 0 Å². The number of fused-ring (bicyclic) bond motifs is 1. The molecule has 0 N–H and O–H groups in total. The Morgan fingerprint density at radius 3 is 2.91 bits per heavy atom. The Labute approximate surface area is 81.4 Å². The van der Waals surface area contributed by atoms with E-state index in [9.17, 15) is 0 Å². The van der Waals surface area contributed by atoms with Crippen LogP contribution in [-0.4, -0.2) is 0 Å². The number of hydrogen-bond donors (Lipinski definition) is 0. The van der Waals surface area contributed by atoms with E-state index in [4.69, 9.17) is 23.8 Å². The van der Waals surface area contributed by atoms with Gasteiger partial charge in [-0.05, 0) is 18.2 Å². The molecule has 0 aliphatic rings. The fourth-order valence-corrected chi connectivity index (χ4v) is 3.64. The second-order valence-corrected chi connectivity index (χ2v) is 5.38. The summed E-state index contributed by atoms with van der Waals surface area (Å²) in [5, 5.41) is 1.87. The minimum atomic E-state index is 0.759. The molecule has 0 amide bonds. The molecule has 2 rings (SSSR count). The predicted octanol–water partition coefficient (Wildman–Crippen LogP) is 4.35. The predicted molar refractivity (Wildman–Crippen MR) is 55.5 cm³/mol. The number of halogens is 1. The lowest BCUT2D eigenvalue weighted by molar-refractivity contribution is 1.85. The normalized spacial score (nSPS) is 10.6. The van der Waals surface area contributed by atoms with Crippen molar-refractivity contribution < 1.29 is 0 Å². The van der Waals surface area contributed by atoms with Crippen LogP contribution in [0.15, 0.2) is 18.2 Å². The van der Waals surface area contributed by atoms with Crippen LogP contribution in [0.5, 0.6) is 0 Å². The van der Waals surface area contributed by atoms with Gasteiger partial charge in [-0.15, -0.1) is 0 Å². The molecule has 0 spiro atoms. The van der Waals surface area contributed by atoms with E-state index in [-0.39, 0.29) is 0 Å². The van der Waals surface area contributed by atoms with Crippen LogP contribution in [0.25, 0.3) is 10.1 Å². The Balaban J connectivity index is 2.99. The first-order valence-electron chi connectivity index (χ1n) is 2.96. The average Bonchev–Trinajstić information content (AvgIpc) is 2.33. The first-order chi connectivity index (χ1) is 5.27. The van der Waals surface area contributed by atoms with E-state index in [1.54, 1.807) is 20.7 Å².